The summed E-state index contributed by atoms with van der Waals surface area (Å²) in [6.45, 7) is 3.49. The lowest BCUT2D eigenvalue weighted by Gasteiger charge is -2.32. The van der Waals surface area contributed by atoms with Gasteiger partial charge in [0.2, 0.25) is 0 Å². The Morgan fingerprint density at radius 1 is 1.33 bits per heavy atom. The molecule has 2 aromatic rings. The number of ether oxygens (including phenoxy) is 1. The third-order valence-electron chi connectivity index (χ3n) is 5.12. The minimum absolute atomic E-state index is 0.433. The van der Waals surface area contributed by atoms with Crippen LogP contribution in [0.1, 0.15) is 60.6 Å². The molecular formula is C22H25N3O3S2. The quantitative estimate of drug-likeness (QED) is 0.495. The van der Waals surface area contributed by atoms with E-state index in [0.29, 0.717) is 24.2 Å². The maximum absolute atomic E-state index is 12.7. The number of nitrogens with one attached hydrogen (secondary N) is 1. The summed E-state index contributed by atoms with van der Waals surface area (Å²) in [5.41, 5.74) is 1.39. The minimum atomic E-state index is -0.980. The molecule has 8 heteroatoms. The number of hydrogen-bond acceptors (Lipinski definition) is 7. The summed E-state index contributed by atoms with van der Waals surface area (Å²) in [6, 6.07) is 9.47. The smallest absolute Gasteiger partial charge is 0.339 e. The number of esters is 1. The van der Waals surface area contributed by atoms with Gasteiger partial charge in [0.15, 0.2) is 6.10 Å². The summed E-state index contributed by atoms with van der Waals surface area (Å²) in [6.07, 6.45) is 3.17. The van der Waals surface area contributed by atoms with Gasteiger partial charge < -0.3 is 10.1 Å². The molecule has 0 saturated heterocycles. The van der Waals surface area contributed by atoms with Gasteiger partial charge in [0.05, 0.1) is 11.6 Å². The number of benzene rings is 1. The molecule has 158 valence electrons. The highest BCUT2D eigenvalue weighted by Crippen LogP contribution is 2.29. The van der Waals surface area contributed by atoms with Crippen LogP contribution in [0.15, 0.2) is 34.0 Å². The number of nitrogens with zero attached hydrogens (tertiary/aromatic N) is 2. The molecule has 1 heterocycles. The zero-order valence-corrected chi connectivity index (χ0v) is 18.8. The van der Waals surface area contributed by atoms with Crippen molar-refractivity contribution in [2.45, 2.75) is 67.7 Å². The summed E-state index contributed by atoms with van der Waals surface area (Å²) < 4.78 is 6.39. The predicted octanol–water partition coefficient (Wildman–Crippen LogP) is 4.63. The van der Waals surface area contributed by atoms with Crippen molar-refractivity contribution in [1.29, 1.82) is 5.26 Å². The zero-order valence-electron chi connectivity index (χ0n) is 17.1. The summed E-state index contributed by atoms with van der Waals surface area (Å²) in [4.78, 5) is 29.8. The van der Waals surface area contributed by atoms with Gasteiger partial charge in [0.25, 0.3) is 5.91 Å². The first-order valence-corrected chi connectivity index (χ1v) is 11.9. The third kappa shape index (κ3) is 5.61. The van der Waals surface area contributed by atoms with Gasteiger partial charge in [-0.15, -0.1) is 11.3 Å². The van der Waals surface area contributed by atoms with E-state index in [-0.39, 0.29) is 0 Å². The number of nitriles is 1. The number of aromatic nitrogens is 1. The molecule has 1 aromatic carbocycles. The first-order chi connectivity index (χ1) is 14.4. The molecule has 0 bridgehead atoms. The molecule has 6 nitrogen and oxygen atoms in total. The van der Waals surface area contributed by atoms with Crippen molar-refractivity contribution in [2.75, 3.05) is 0 Å². The Hall–Kier alpha value is -2.37. The molecule has 30 heavy (non-hydrogen) atoms. The van der Waals surface area contributed by atoms with E-state index in [2.05, 4.69) is 16.4 Å². The molecular weight excluding hydrogens is 418 g/mol. The maximum atomic E-state index is 12.7. The van der Waals surface area contributed by atoms with Gasteiger partial charge in [0.1, 0.15) is 9.88 Å². The first-order valence-electron chi connectivity index (χ1n) is 9.99. The second-order valence-electron chi connectivity index (χ2n) is 7.49. The number of aryl methyl sites for hydroxylation is 1. The Bertz CT molecular complexity index is 945. The van der Waals surface area contributed by atoms with Crippen molar-refractivity contribution in [3.63, 3.8) is 0 Å². The fourth-order valence-electron chi connectivity index (χ4n) is 3.42. The summed E-state index contributed by atoms with van der Waals surface area (Å²) in [5.74, 6) is -0.396. The van der Waals surface area contributed by atoms with Crippen LogP contribution in [0.5, 0.6) is 0 Å². The number of amides is 1. The van der Waals surface area contributed by atoms with Gasteiger partial charge in [-0.2, -0.15) is 5.26 Å². The lowest BCUT2D eigenvalue weighted by Crippen LogP contribution is -2.52. The molecule has 1 fully saturated rings. The topological polar surface area (TPSA) is 92.1 Å². The van der Waals surface area contributed by atoms with Crippen LogP contribution in [0.3, 0.4) is 0 Å². The number of carbonyl (C=O) groups is 2. The molecule has 1 saturated carbocycles. The van der Waals surface area contributed by atoms with Crippen molar-refractivity contribution in [3.05, 3.63) is 46.5 Å². The van der Waals surface area contributed by atoms with Crippen LogP contribution in [-0.2, 0) is 15.3 Å². The van der Waals surface area contributed by atoms with E-state index in [0.717, 1.165) is 34.9 Å². The lowest BCUT2D eigenvalue weighted by atomic mass is 9.83. The van der Waals surface area contributed by atoms with Crippen LogP contribution in [0.4, 0.5) is 0 Å². The third-order valence-corrected chi connectivity index (χ3v) is 7.31. The fourth-order valence-corrected chi connectivity index (χ4v) is 5.27. The summed E-state index contributed by atoms with van der Waals surface area (Å²) >= 11 is 3.13. The molecule has 0 spiro atoms. The SMILES string of the molecule is Cc1csc(SCc2ccccc2C(=O)O[C@@H](C)C(=O)NC2(C#N)CCCCC2)n1. The molecule has 0 aliphatic heterocycles. The van der Waals surface area contributed by atoms with Crippen LogP contribution >= 0.6 is 23.1 Å². The minimum Gasteiger partial charge on any atom is -0.449 e. The number of thiazole rings is 1. The number of hydrogen-bond donors (Lipinski definition) is 1. The highest BCUT2D eigenvalue weighted by molar-refractivity contribution is 8.00. The van der Waals surface area contributed by atoms with Crippen molar-refractivity contribution in [3.8, 4) is 6.07 Å². The Morgan fingerprint density at radius 3 is 2.73 bits per heavy atom. The molecule has 1 aromatic heterocycles. The second kappa shape index (κ2) is 10.1. The zero-order chi connectivity index (χ0) is 21.6. The van der Waals surface area contributed by atoms with Gasteiger partial charge in [-0.05, 0) is 38.3 Å². The number of thioether (sulfide) groups is 1. The van der Waals surface area contributed by atoms with Crippen molar-refractivity contribution >= 4 is 35.0 Å². The Kier molecular flexibility index (Phi) is 7.51. The molecule has 0 unspecified atom stereocenters. The van der Waals surface area contributed by atoms with Crippen LogP contribution in [-0.4, -0.2) is 28.5 Å². The Labute approximate surface area is 185 Å². The number of rotatable bonds is 7. The van der Waals surface area contributed by atoms with E-state index in [1.807, 2.05) is 24.4 Å². The molecule has 1 aliphatic rings. The van der Waals surface area contributed by atoms with Crippen LogP contribution in [0.2, 0.25) is 0 Å². The van der Waals surface area contributed by atoms with Gasteiger partial charge in [-0.1, -0.05) is 49.2 Å². The van der Waals surface area contributed by atoms with E-state index in [9.17, 15) is 14.9 Å². The van der Waals surface area contributed by atoms with Gasteiger partial charge in [-0.3, -0.25) is 4.79 Å². The molecule has 0 radical (unpaired) electrons. The van der Waals surface area contributed by atoms with Crippen molar-refractivity contribution < 1.29 is 14.3 Å². The molecule has 1 atom stereocenters. The first kappa shape index (κ1) is 22.3. The second-order valence-corrected chi connectivity index (χ2v) is 9.57. The van der Waals surface area contributed by atoms with Crippen molar-refractivity contribution in [1.82, 2.24) is 10.3 Å². The molecule has 1 aliphatic carbocycles. The normalized spacial score (nSPS) is 16.3. The van der Waals surface area contributed by atoms with E-state index in [4.69, 9.17) is 4.74 Å². The Balaban J connectivity index is 1.62. The lowest BCUT2D eigenvalue weighted by molar-refractivity contribution is -0.130. The maximum Gasteiger partial charge on any atom is 0.339 e. The highest BCUT2D eigenvalue weighted by atomic mass is 32.2. The van der Waals surface area contributed by atoms with Crippen molar-refractivity contribution in [2.24, 2.45) is 0 Å². The number of carbonyl (C=O) groups excluding carboxylic acids is 2. The molecule has 1 N–H and O–H groups in total. The van der Waals surface area contributed by atoms with E-state index >= 15 is 0 Å². The van der Waals surface area contributed by atoms with Crippen LogP contribution in [0.25, 0.3) is 0 Å². The molecule has 3 rings (SSSR count). The summed E-state index contributed by atoms with van der Waals surface area (Å²) in [5, 5.41) is 14.3. The van der Waals surface area contributed by atoms with Crippen LogP contribution < -0.4 is 5.32 Å². The van der Waals surface area contributed by atoms with E-state index in [1.54, 1.807) is 35.2 Å². The predicted molar refractivity (Wildman–Crippen MR) is 117 cm³/mol. The van der Waals surface area contributed by atoms with Gasteiger partial charge >= 0.3 is 5.97 Å². The molecule has 1 amide bonds. The largest absolute Gasteiger partial charge is 0.449 e. The standard InChI is InChI=1S/C22H25N3O3S2/c1-15-12-29-21(24-15)30-13-17-8-4-5-9-18(17)20(27)28-16(2)19(26)25-22(14-23)10-6-3-7-11-22/h4-5,8-9,12,16H,3,6-7,10-11,13H2,1-2H3,(H,25,26)/t16-/m0/s1. The van der Waals surface area contributed by atoms with E-state index in [1.165, 1.54) is 6.92 Å². The fraction of sp³-hybridized carbons (Fsp3) is 0.455. The van der Waals surface area contributed by atoms with E-state index < -0.39 is 23.5 Å². The monoisotopic (exact) mass is 443 g/mol. The highest BCUT2D eigenvalue weighted by Gasteiger charge is 2.35. The average molecular weight is 444 g/mol. The Morgan fingerprint density at radius 2 is 2.07 bits per heavy atom. The van der Waals surface area contributed by atoms with Gasteiger partial charge in [0, 0.05) is 16.8 Å². The van der Waals surface area contributed by atoms with Crippen LogP contribution in [0, 0.1) is 18.3 Å². The van der Waals surface area contributed by atoms with Gasteiger partial charge in [-0.25, -0.2) is 9.78 Å². The summed E-state index contributed by atoms with van der Waals surface area (Å²) in [7, 11) is 0. The average Bonchev–Trinajstić information content (AvgIpc) is 3.18.